The quantitative estimate of drug-likeness (QED) is 0.748. The lowest BCUT2D eigenvalue weighted by atomic mass is 9.97. The van der Waals surface area contributed by atoms with Crippen LogP contribution in [-0.2, 0) is 5.75 Å². The Bertz CT molecular complexity index is 368. The third-order valence-electron chi connectivity index (χ3n) is 3.56. The van der Waals surface area contributed by atoms with Gasteiger partial charge in [0.1, 0.15) is 0 Å². The van der Waals surface area contributed by atoms with Crippen molar-refractivity contribution in [3.8, 4) is 0 Å². The first kappa shape index (κ1) is 17.8. The second-order valence-electron chi connectivity index (χ2n) is 5.10. The zero-order valence-electron chi connectivity index (χ0n) is 12.0. The van der Waals surface area contributed by atoms with Crippen LogP contribution in [0.15, 0.2) is 24.3 Å². The molecule has 0 unspecified atom stereocenters. The first-order valence-electron chi connectivity index (χ1n) is 7.17. The Balaban J connectivity index is 0.000000204. The molecule has 0 aliphatic carbocycles. The van der Waals surface area contributed by atoms with E-state index in [0.29, 0.717) is 0 Å². The number of rotatable bonds is 4. The molecule has 0 aromatic heterocycles. The molecule has 0 amide bonds. The third-order valence-corrected chi connectivity index (χ3v) is 4.16. The van der Waals surface area contributed by atoms with Crippen molar-refractivity contribution >= 4 is 24.2 Å². The minimum absolute atomic E-state index is 0.751. The smallest absolute Gasteiger partial charge is 0.0409 e. The largest absolute Gasteiger partial charge is 0.330 e. The highest BCUT2D eigenvalue weighted by atomic mass is 35.5. The molecule has 2 rings (SSSR count). The van der Waals surface area contributed by atoms with E-state index in [9.17, 15) is 0 Å². The van der Waals surface area contributed by atoms with Gasteiger partial charge in [-0.1, -0.05) is 23.7 Å². The fourth-order valence-corrected chi connectivity index (χ4v) is 2.67. The Kier molecular flexibility index (Phi) is 9.31. The number of nitrogens with zero attached hydrogens (tertiary/aromatic N) is 1. The first-order chi connectivity index (χ1) is 9.69. The molecule has 4 N–H and O–H groups in total. The fourth-order valence-electron chi connectivity index (χ4n) is 2.26. The molecule has 0 bridgehead atoms. The van der Waals surface area contributed by atoms with Crippen molar-refractivity contribution in [1.82, 2.24) is 4.90 Å². The predicted molar refractivity (Wildman–Crippen MR) is 91.4 cm³/mol. The van der Waals surface area contributed by atoms with Crippen molar-refractivity contribution < 1.29 is 0 Å². The minimum atomic E-state index is 0.751. The lowest BCUT2D eigenvalue weighted by Gasteiger charge is -2.30. The van der Waals surface area contributed by atoms with Crippen molar-refractivity contribution in [2.24, 2.45) is 17.4 Å². The van der Waals surface area contributed by atoms with Gasteiger partial charge in [-0.25, -0.2) is 0 Å². The molecule has 1 aromatic rings. The van der Waals surface area contributed by atoms with Gasteiger partial charge in [0, 0.05) is 23.9 Å². The van der Waals surface area contributed by atoms with Crippen molar-refractivity contribution in [1.29, 1.82) is 0 Å². The van der Waals surface area contributed by atoms with Crippen LogP contribution in [0.5, 0.6) is 0 Å². The molecular weight excluding hydrogens is 290 g/mol. The summed E-state index contributed by atoms with van der Waals surface area (Å²) in [5.41, 5.74) is 12.2. The summed E-state index contributed by atoms with van der Waals surface area (Å²) in [5.74, 6) is 1.52. The number of halogens is 1. The Labute approximate surface area is 133 Å². The normalized spacial score (nSPS) is 16.6. The molecule has 3 nitrogen and oxygen atoms in total. The highest BCUT2D eigenvalue weighted by Gasteiger charge is 2.16. The Morgan fingerprint density at radius 2 is 1.95 bits per heavy atom. The van der Waals surface area contributed by atoms with E-state index in [4.69, 9.17) is 23.1 Å². The van der Waals surface area contributed by atoms with Crippen LogP contribution >= 0.6 is 24.2 Å². The van der Waals surface area contributed by atoms with Crippen LogP contribution in [0.3, 0.4) is 0 Å². The summed E-state index contributed by atoms with van der Waals surface area (Å²) in [6, 6.07) is 7.69. The number of hydrogen-bond acceptors (Lipinski definition) is 4. The summed E-state index contributed by atoms with van der Waals surface area (Å²) in [5, 5.41) is 0.779. The molecule has 1 aromatic carbocycles. The van der Waals surface area contributed by atoms with E-state index in [2.05, 4.69) is 17.5 Å². The minimum Gasteiger partial charge on any atom is -0.330 e. The van der Waals surface area contributed by atoms with Gasteiger partial charge in [0.2, 0.25) is 0 Å². The van der Waals surface area contributed by atoms with E-state index in [0.717, 1.165) is 41.9 Å². The summed E-state index contributed by atoms with van der Waals surface area (Å²) in [6.45, 7) is 5.08. The summed E-state index contributed by atoms with van der Waals surface area (Å²) in [6.07, 6.45) is 2.52. The van der Waals surface area contributed by atoms with Crippen molar-refractivity contribution in [3.63, 3.8) is 0 Å². The van der Waals surface area contributed by atoms with Gasteiger partial charge in [-0.3, -0.25) is 0 Å². The number of likely N-dealkylation sites (tertiary alicyclic amines) is 1. The van der Waals surface area contributed by atoms with E-state index >= 15 is 0 Å². The van der Waals surface area contributed by atoms with Crippen LogP contribution in [0, 0.1) is 5.92 Å². The second-order valence-corrected chi connectivity index (χ2v) is 5.85. The number of hydrogen-bond donors (Lipinski definition) is 3. The molecule has 1 aliphatic heterocycles. The lowest BCUT2D eigenvalue weighted by Crippen LogP contribution is -2.38. The zero-order valence-corrected chi connectivity index (χ0v) is 13.6. The second kappa shape index (κ2) is 10.5. The van der Waals surface area contributed by atoms with Crippen molar-refractivity contribution in [2.45, 2.75) is 18.6 Å². The maximum atomic E-state index is 5.69. The predicted octanol–water partition coefficient (Wildman–Crippen LogP) is 2.39. The molecule has 0 atom stereocenters. The van der Waals surface area contributed by atoms with E-state index < -0.39 is 0 Å². The first-order valence-corrected chi connectivity index (χ1v) is 8.18. The Morgan fingerprint density at radius 1 is 1.25 bits per heavy atom. The Hall–Kier alpha value is -0.260. The van der Waals surface area contributed by atoms with Crippen molar-refractivity contribution in [3.05, 3.63) is 34.9 Å². The molecule has 5 heteroatoms. The Morgan fingerprint density at radius 3 is 2.40 bits per heavy atom. The number of nitrogens with two attached hydrogens (primary N) is 2. The van der Waals surface area contributed by atoms with E-state index in [1.54, 1.807) is 0 Å². The molecule has 1 fully saturated rings. The molecule has 0 saturated carbocycles. The average molecular weight is 316 g/mol. The van der Waals surface area contributed by atoms with Gasteiger partial charge in [-0.2, -0.15) is 12.6 Å². The lowest BCUT2D eigenvalue weighted by molar-refractivity contribution is 0.192. The molecular formula is C15H26ClN3S. The van der Waals surface area contributed by atoms with Crippen LogP contribution in [-0.4, -0.2) is 37.6 Å². The van der Waals surface area contributed by atoms with Gasteiger partial charge in [0.15, 0.2) is 0 Å². The fraction of sp³-hybridized carbons (Fsp3) is 0.600. The van der Waals surface area contributed by atoms with Gasteiger partial charge in [0.05, 0.1) is 0 Å². The topological polar surface area (TPSA) is 55.3 Å². The highest BCUT2D eigenvalue weighted by molar-refractivity contribution is 7.79. The third kappa shape index (κ3) is 6.95. The molecule has 114 valence electrons. The number of piperidine rings is 1. The van der Waals surface area contributed by atoms with Gasteiger partial charge >= 0.3 is 0 Å². The van der Waals surface area contributed by atoms with Gasteiger partial charge < -0.3 is 16.4 Å². The molecule has 1 heterocycles. The maximum Gasteiger partial charge on any atom is 0.0409 e. The van der Waals surface area contributed by atoms with Gasteiger partial charge in [-0.15, -0.1) is 0 Å². The van der Waals surface area contributed by atoms with E-state index in [1.807, 2.05) is 24.3 Å². The van der Waals surface area contributed by atoms with E-state index in [1.165, 1.54) is 25.9 Å². The monoisotopic (exact) mass is 315 g/mol. The van der Waals surface area contributed by atoms with Crippen LogP contribution in [0.4, 0.5) is 0 Å². The highest BCUT2D eigenvalue weighted by Crippen LogP contribution is 2.14. The summed E-state index contributed by atoms with van der Waals surface area (Å²) in [4.78, 5) is 2.42. The van der Waals surface area contributed by atoms with Gasteiger partial charge in [-0.05, 0) is 56.1 Å². The van der Waals surface area contributed by atoms with Crippen LogP contribution in [0.1, 0.15) is 18.4 Å². The molecule has 1 aliphatic rings. The maximum absolute atomic E-state index is 5.69. The molecule has 0 spiro atoms. The van der Waals surface area contributed by atoms with Crippen molar-refractivity contribution in [2.75, 3.05) is 32.7 Å². The number of benzene rings is 1. The molecule has 0 radical (unpaired) electrons. The summed E-state index contributed by atoms with van der Waals surface area (Å²) in [7, 11) is 0. The van der Waals surface area contributed by atoms with Crippen LogP contribution < -0.4 is 11.5 Å². The summed E-state index contributed by atoms with van der Waals surface area (Å²) < 4.78 is 0. The molecule has 20 heavy (non-hydrogen) atoms. The van der Waals surface area contributed by atoms with Crippen LogP contribution in [0.25, 0.3) is 0 Å². The SMILES string of the molecule is NCCN1CCC(CN)CC1.SCc1cccc(Cl)c1. The van der Waals surface area contributed by atoms with Crippen LogP contribution in [0.2, 0.25) is 5.02 Å². The number of thiol groups is 1. The van der Waals surface area contributed by atoms with E-state index in [-0.39, 0.29) is 0 Å². The summed E-state index contributed by atoms with van der Waals surface area (Å²) >= 11 is 9.79. The van der Waals surface area contributed by atoms with Gasteiger partial charge in [0.25, 0.3) is 0 Å². The molecule has 1 saturated heterocycles. The standard InChI is InChI=1S/C8H19N3.C7H7ClS/c9-3-6-11-4-1-8(7-10)2-5-11;8-7-3-1-2-6(4-7)5-9/h8H,1-7,9-10H2;1-4,9H,5H2. The average Bonchev–Trinajstić information content (AvgIpc) is 2.49. The zero-order chi connectivity index (χ0) is 14.8.